The molecule has 1 aliphatic carbocycles. The second-order valence-electron chi connectivity index (χ2n) is 13.6. The number of hydrogen-bond donors (Lipinski definition) is 0. The molecule has 7 aromatic carbocycles. The molecule has 0 saturated carbocycles. The number of rotatable bonds is 10. The highest BCUT2D eigenvalue weighted by Gasteiger charge is 2.16. The van der Waals surface area contributed by atoms with E-state index in [1.54, 1.807) is 0 Å². The van der Waals surface area contributed by atoms with Crippen LogP contribution in [0.2, 0.25) is 0 Å². The average molecular weight is 682 g/mol. The van der Waals surface area contributed by atoms with E-state index in [0.717, 1.165) is 23.4 Å². The lowest BCUT2D eigenvalue weighted by Crippen LogP contribution is -2.12. The van der Waals surface area contributed by atoms with Crippen LogP contribution < -0.4 is 4.90 Å². The van der Waals surface area contributed by atoms with Gasteiger partial charge in [0.2, 0.25) is 0 Å². The minimum atomic E-state index is 1.14. The Morgan fingerprint density at radius 2 is 0.830 bits per heavy atom. The molecule has 0 unspecified atom stereocenters. The van der Waals surface area contributed by atoms with Crippen molar-refractivity contribution in [2.24, 2.45) is 0 Å². The summed E-state index contributed by atoms with van der Waals surface area (Å²) in [5.41, 5.74) is 16.0. The van der Waals surface area contributed by atoms with Gasteiger partial charge in [-0.05, 0) is 124 Å². The van der Waals surface area contributed by atoms with E-state index in [-0.39, 0.29) is 0 Å². The van der Waals surface area contributed by atoms with Crippen LogP contribution >= 0.6 is 0 Å². The summed E-state index contributed by atoms with van der Waals surface area (Å²) in [6, 6.07) is 67.5. The highest BCUT2D eigenvalue weighted by molar-refractivity contribution is 5.92. The molecule has 1 aliphatic rings. The predicted octanol–water partition coefficient (Wildman–Crippen LogP) is 13.8. The minimum Gasteiger partial charge on any atom is -0.310 e. The van der Waals surface area contributed by atoms with Crippen molar-refractivity contribution < 1.29 is 0 Å². The summed E-state index contributed by atoms with van der Waals surface area (Å²) in [6.45, 7) is 0. The van der Waals surface area contributed by atoms with Crippen molar-refractivity contribution in [2.75, 3.05) is 4.90 Å². The van der Waals surface area contributed by atoms with E-state index in [4.69, 9.17) is 0 Å². The normalized spacial score (nSPS) is 12.2. The van der Waals surface area contributed by atoms with Gasteiger partial charge in [0, 0.05) is 17.1 Å². The third kappa shape index (κ3) is 8.06. The molecule has 7 aromatic rings. The monoisotopic (exact) mass is 681 g/mol. The second kappa shape index (κ2) is 16.3. The predicted molar refractivity (Wildman–Crippen MR) is 227 cm³/mol. The molecule has 0 amide bonds. The van der Waals surface area contributed by atoms with Crippen molar-refractivity contribution in [1.82, 2.24) is 0 Å². The standard InChI is InChI=1S/C52H43N/c1-5-18-43(19-6-1)51(44-20-7-2-8-21-44)27-15-16-40-28-33-48(34-29-40)53(50-37-32-42-17-13-14-26-47(42)39-50)49-35-30-41(31-36-49)38-52(45-22-9-3-10-23-45)46-24-11-4-12-25-46/h1-12,15-16,18-25,27-39H,13-14,17,26H2. The van der Waals surface area contributed by atoms with E-state index >= 15 is 0 Å². The molecule has 0 heterocycles. The van der Waals surface area contributed by atoms with E-state index < -0.39 is 0 Å². The molecule has 0 radical (unpaired) electrons. The zero-order chi connectivity index (χ0) is 35.7. The number of aryl methyl sites for hydroxylation is 2. The number of benzene rings is 7. The molecule has 8 rings (SSSR count). The number of fused-ring (bicyclic) bond motifs is 1. The molecule has 0 N–H and O–H groups in total. The maximum atomic E-state index is 2.42. The van der Waals surface area contributed by atoms with Crippen molar-refractivity contribution in [3.8, 4) is 0 Å². The molecule has 0 spiro atoms. The van der Waals surface area contributed by atoms with Crippen molar-refractivity contribution >= 4 is 40.4 Å². The van der Waals surface area contributed by atoms with Crippen LogP contribution in [-0.4, -0.2) is 0 Å². The average Bonchev–Trinajstić information content (AvgIpc) is 3.24. The van der Waals surface area contributed by atoms with E-state index in [0.29, 0.717) is 0 Å². The van der Waals surface area contributed by atoms with Gasteiger partial charge in [-0.2, -0.15) is 0 Å². The SMILES string of the molecule is C(=Cc1ccc(N(c2ccc(C=C(c3ccccc3)c3ccccc3)cc2)c2ccc3c(c2)CCCC3)cc1)C=C(c1ccccc1)c1ccccc1. The van der Waals surface area contributed by atoms with Gasteiger partial charge in [-0.1, -0.05) is 170 Å². The van der Waals surface area contributed by atoms with Gasteiger partial charge in [0.15, 0.2) is 0 Å². The molecule has 0 saturated heterocycles. The third-order valence-electron chi connectivity index (χ3n) is 10.1. The Morgan fingerprint density at radius 1 is 0.396 bits per heavy atom. The number of nitrogens with zero attached hydrogens (tertiary/aromatic N) is 1. The van der Waals surface area contributed by atoms with Crippen molar-refractivity contribution in [3.05, 3.63) is 245 Å². The summed E-state index contributed by atoms with van der Waals surface area (Å²) in [6.07, 6.45) is 13.7. The maximum absolute atomic E-state index is 2.42. The van der Waals surface area contributed by atoms with Crippen LogP contribution in [0.15, 0.2) is 200 Å². The van der Waals surface area contributed by atoms with Crippen LogP contribution in [0.3, 0.4) is 0 Å². The van der Waals surface area contributed by atoms with Crippen molar-refractivity contribution in [2.45, 2.75) is 25.7 Å². The van der Waals surface area contributed by atoms with Gasteiger partial charge in [-0.3, -0.25) is 0 Å². The molecule has 1 nitrogen and oxygen atoms in total. The van der Waals surface area contributed by atoms with Crippen LogP contribution in [-0.2, 0) is 12.8 Å². The van der Waals surface area contributed by atoms with Gasteiger partial charge in [0.05, 0.1) is 0 Å². The van der Waals surface area contributed by atoms with Crippen LogP contribution in [0.4, 0.5) is 17.1 Å². The van der Waals surface area contributed by atoms with Gasteiger partial charge in [0.25, 0.3) is 0 Å². The van der Waals surface area contributed by atoms with Gasteiger partial charge in [0.1, 0.15) is 0 Å². The Morgan fingerprint density at radius 3 is 1.34 bits per heavy atom. The molecule has 0 atom stereocenters. The summed E-state index contributed by atoms with van der Waals surface area (Å²) >= 11 is 0. The van der Waals surface area contributed by atoms with Crippen LogP contribution in [0, 0.1) is 0 Å². The zero-order valence-corrected chi connectivity index (χ0v) is 30.0. The van der Waals surface area contributed by atoms with Crippen molar-refractivity contribution in [3.63, 3.8) is 0 Å². The largest absolute Gasteiger partial charge is 0.310 e. The topological polar surface area (TPSA) is 3.24 Å². The Labute approximate surface area is 314 Å². The lowest BCUT2D eigenvalue weighted by atomic mass is 9.91. The molecule has 0 bridgehead atoms. The lowest BCUT2D eigenvalue weighted by Gasteiger charge is -2.27. The molecule has 0 fully saturated rings. The summed E-state index contributed by atoms with van der Waals surface area (Å²) in [7, 11) is 0. The lowest BCUT2D eigenvalue weighted by molar-refractivity contribution is 0.685. The highest BCUT2D eigenvalue weighted by Crippen LogP contribution is 2.38. The molecular weight excluding hydrogens is 639 g/mol. The quantitative estimate of drug-likeness (QED) is 0.103. The third-order valence-corrected chi connectivity index (χ3v) is 10.1. The Kier molecular flexibility index (Phi) is 10.3. The molecule has 0 aromatic heterocycles. The number of anilines is 3. The summed E-state index contributed by atoms with van der Waals surface area (Å²) < 4.78 is 0. The fourth-order valence-corrected chi connectivity index (χ4v) is 7.35. The van der Waals surface area contributed by atoms with Crippen LogP contribution in [0.5, 0.6) is 0 Å². The fraction of sp³-hybridized carbons (Fsp3) is 0.0769. The first-order chi connectivity index (χ1) is 26.3. The highest BCUT2D eigenvalue weighted by atomic mass is 15.1. The van der Waals surface area contributed by atoms with Crippen molar-refractivity contribution in [1.29, 1.82) is 0 Å². The van der Waals surface area contributed by atoms with Gasteiger partial charge in [-0.25, -0.2) is 0 Å². The smallest absolute Gasteiger partial charge is 0.0464 e. The van der Waals surface area contributed by atoms with Crippen LogP contribution in [0.1, 0.15) is 57.3 Å². The zero-order valence-electron chi connectivity index (χ0n) is 30.0. The molecule has 0 aliphatic heterocycles. The van der Waals surface area contributed by atoms with E-state index in [1.807, 2.05) is 0 Å². The molecule has 53 heavy (non-hydrogen) atoms. The first-order valence-corrected chi connectivity index (χ1v) is 18.7. The second-order valence-corrected chi connectivity index (χ2v) is 13.6. The number of hydrogen-bond acceptors (Lipinski definition) is 1. The summed E-state index contributed by atoms with van der Waals surface area (Å²) in [5, 5.41) is 0. The van der Waals surface area contributed by atoms with E-state index in [9.17, 15) is 0 Å². The first kappa shape index (κ1) is 33.7. The Bertz CT molecular complexity index is 2250. The van der Waals surface area contributed by atoms with Gasteiger partial charge in [-0.15, -0.1) is 0 Å². The van der Waals surface area contributed by atoms with Gasteiger partial charge < -0.3 is 4.90 Å². The minimum absolute atomic E-state index is 1.14. The van der Waals surface area contributed by atoms with E-state index in [2.05, 4.69) is 217 Å². The Hall–Kier alpha value is -6.44. The molecular formula is C52H43N. The van der Waals surface area contributed by atoms with E-state index in [1.165, 1.54) is 75.0 Å². The van der Waals surface area contributed by atoms with Gasteiger partial charge >= 0.3 is 0 Å². The first-order valence-electron chi connectivity index (χ1n) is 18.7. The maximum Gasteiger partial charge on any atom is 0.0464 e. The number of allylic oxidation sites excluding steroid dienone is 2. The Balaban J connectivity index is 1.12. The molecule has 1 heteroatoms. The summed E-state index contributed by atoms with van der Waals surface area (Å²) in [4.78, 5) is 2.40. The summed E-state index contributed by atoms with van der Waals surface area (Å²) in [5.74, 6) is 0. The van der Waals surface area contributed by atoms with Crippen LogP contribution in [0.25, 0.3) is 23.3 Å². The molecule has 256 valence electrons. The fourth-order valence-electron chi connectivity index (χ4n) is 7.35.